The number of Topliss-reactive ketones (excluding diaryl/α,β-unsaturated/α-hetero) is 1. The van der Waals surface area contributed by atoms with Crippen molar-refractivity contribution in [3.63, 3.8) is 0 Å². The quantitative estimate of drug-likeness (QED) is 0.810. The number of rotatable bonds is 6. The molecular formula is C16H22O3S. The van der Waals surface area contributed by atoms with Crippen molar-refractivity contribution >= 4 is 15.6 Å². The lowest BCUT2D eigenvalue weighted by Crippen LogP contribution is -2.33. The summed E-state index contributed by atoms with van der Waals surface area (Å²) in [5.41, 5.74) is 0.737. The second-order valence-electron chi connectivity index (χ2n) is 5.81. The molecule has 0 saturated heterocycles. The number of carbonyl (C=O) groups is 1. The van der Waals surface area contributed by atoms with Gasteiger partial charge in [-0.25, -0.2) is 8.42 Å². The fourth-order valence-corrected chi connectivity index (χ4v) is 3.87. The molecule has 0 unspecified atom stereocenters. The van der Waals surface area contributed by atoms with Gasteiger partial charge in [-0.1, -0.05) is 43.2 Å². The standard InChI is InChI=1S/C16H22O3S/c1-20(18,19)13-7-10-15(17)16(11-5-6-12-16)14-8-3-2-4-9-14/h2-4,8-9H,5-7,10-13H2,1H3. The van der Waals surface area contributed by atoms with E-state index in [1.165, 1.54) is 6.26 Å². The van der Waals surface area contributed by atoms with E-state index in [9.17, 15) is 13.2 Å². The maximum atomic E-state index is 12.7. The van der Waals surface area contributed by atoms with Crippen molar-refractivity contribution in [2.45, 2.75) is 43.9 Å². The molecule has 0 N–H and O–H groups in total. The molecule has 0 aliphatic heterocycles. The number of sulfone groups is 1. The summed E-state index contributed by atoms with van der Waals surface area (Å²) in [5, 5.41) is 0. The Balaban J connectivity index is 2.11. The highest BCUT2D eigenvalue weighted by Gasteiger charge is 2.41. The van der Waals surface area contributed by atoms with Crippen LogP contribution in [0, 0.1) is 0 Å². The van der Waals surface area contributed by atoms with Gasteiger partial charge in [0.1, 0.15) is 15.6 Å². The number of hydrogen-bond donors (Lipinski definition) is 0. The molecule has 4 heteroatoms. The fraction of sp³-hybridized carbons (Fsp3) is 0.562. The van der Waals surface area contributed by atoms with Crippen LogP contribution >= 0.6 is 0 Å². The molecule has 0 bridgehead atoms. The Hall–Kier alpha value is -1.16. The van der Waals surface area contributed by atoms with Crippen LogP contribution in [0.2, 0.25) is 0 Å². The molecule has 1 aromatic carbocycles. The van der Waals surface area contributed by atoms with E-state index in [1.54, 1.807) is 0 Å². The molecule has 0 heterocycles. The van der Waals surface area contributed by atoms with E-state index < -0.39 is 9.84 Å². The molecule has 1 aliphatic rings. The van der Waals surface area contributed by atoms with Crippen molar-refractivity contribution in [2.24, 2.45) is 0 Å². The van der Waals surface area contributed by atoms with Crippen LogP contribution in [0.4, 0.5) is 0 Å². The number of ketones is 1. The Bertz CT molecular complexity index is 555. The molecule has 0 amide bonds. The van der Waals surface area contributed by atoms with E-state index >= 15 is 0 Å². The Kier molecular flexibility index (Phi) is 4.63. The highest BCUT2D eigenvalue weighted by Crippen LogP contribution is 2.42. The van der Waals surface area contributed by atoms with E-state index in [2.05, 4.69) is 0 Å². The third kappa shape index (κ3) is 3.48. The molecule has 0 aromatic heterocycles. The van der Waals surface area contributed by atoms with Crippen LogP contribution in [0.3, 0.4) is 0 Å². The first-order chi connectivity index (χ1) is 9.44. The van der Waals surface area contributed by atoms with E-state index in [4.69, 9.17) is 0 Å². The number of benzene rings is 1. The summed E-state index contributed by atoms with van der Waals surface area (Å²) in [6, 6.07) is 9.96. The molecule has 0 spiro atoms. The summed E-state index contributed by atoms with van der Waals surface area (Å²) in [4.78, 5) is 12.7. The summed E-state index contributed by atoms with van der Waals surface area (Å²) < 4.78 is 22.3. The minimum atomic E-state index is -2.98. The first-order valence-electron chi connectivity index (χ1n) is 7.21. The summed E-state index contributed by atoms with van der Waals surface area (Å²) in [6.45, 7) is 0. The summed E-state index contributed by atoms with van der Waals surface area (Å²) >= 11 is 0. The molecule has 20 heavy (non-hydrogen) atoms. The Morgan fingerprint density at radius 1 is 1.15 bits per heavy atom. The highest BCUT2D eigenvalue weighted by molar-refractivity contribution is 7.90. The van der Waals surface area contributed by atoms with Crippen LogP contribution in [0.5, 0.6) is 0 Å². The lowest BCUT2D eigenvalue weighted by Gasteiger charge is -2.28. The first kappa shape index (κ1) is 15.2. The minimum absolute atomic E-state index is 0.101. The molecule has 1 fully saturated rings. The highest BCUT2D eigenvalue weighted by atomic mass is 32.2. The van der Waals surface area contributed by atoms with Crippen molar-refractivity contribution in [3.8, 4) is 0 Å². The predicted molar refractivity (Wildman–Crippen MR) is 80.5 cm³/mol. The summed E-state index contributed by atoms with van der Waals surface area (Å²) in [6.07, 6.45) is 5.97. The molecular weight excluding hydrogens is 272 g/mol. The fourth-order valence-electron chi connectivity index (χ4n) is 3.20. The Labute approximate surface area is 121 Å². The third-order valence-electron chi connectivity index (χ3n) is 4.24. The second kappa shape index (κ2) is 6.08. The van der Waals surface area contributed by atoms with Crippen molar-refractivity contribution in [3.05, 3.63) is 35.9 Å². The zero-order valence-electron chi connectivity index (χ0n) is 12.0. The van der Waals surface area contributed by atoms with Crippen molar-refractivity contribution in [1.82, 2.24) is 0 Å². The lowest BCUT2D eigenvalue weighted by molar-refractivity contribution is -0.124. The van der Waals surface area contributed by atoms with Crippen molar-refractivity contribution in [1.29, 1.82) is 0 Å². The van der Waals surface area contributed by atoms with Crippen LogP contribution in [0.15, 0.2) is 30.3 Å². The largest absolute Gasteiger partial charge is 0.299 e. The zero-order chi connectivity index (χ0) is 14.6. The maximum Gasteiger partial charge on any atom is 0.147 e. The van der Waals surface area contributed by atoms with Gasteiger partial charge >= 0.3 is 0 Å². The molecule has 1 aliphatic carbocycles. The monoisotopic (exact) mass is 294 g/mol. The van der Waals surface area contributed by atoms with E-state index in [1.807, 2.05) is 30.3 Å². The van der Waals surface area contributed by atoms with Crippen LogP contribution < -0.4 is 0 Å². The van der Waals surface area contributed by atoms with Gasteiger partial charge in [-0.3, -0.25) is 4.79 Å². The van der Waals surface area contributed by atoms with E-state index in [0.29, 0.717) is 12.8 Å². The second-order valence-corrected chi connectivity index (χ2v) is 8.07. The summed E-state index contributed by atoms with van der Waals surface area (Å²) in [7, 11) is -2.98. The van der Waals surface area contributed by atoms with Gasteiger partial charge in [0, 0.05) is 12.7 Å². The van der Waals surface area contributed by atoms with Crippen LogP contribution in [0.25, 0.3) is 0 Å². The third-order valence-corrected chi connectivity index (χ3v) is 5.27. The normalized spacial score (nSPS) is 18.1. The Morgan fingerprint density at radius 2 is 1.75 bits per heavy atom. The average Bonchev–Trinajstić information content (AvgIpc) is 2.89. The summed E-state index contributed by atoms with van der Waals surface area (Å²) in [5.74, 6) is 0.314. The molecule has 110 valence electrons. The van der Waals surface area contributed by atoms with Crippen LogP contribution in [0.1, 0.15) is 44.1 Å². The van der Waals surface area contributed by atoms with Gasteiger partial charge in [0.2, 0.25) is 0 Å². The van der Waals surface area contributed by atoms with Gasteiger partial charge in [0.05, 0.1) is 11.2 Å². The predicted octanol–water partition coefficient (Wildman–Crippen LogP) is 2.89. The van der Waals surface area contributed by atoms with Crippen molar-refractivity contribution in [2.75, 3.05) is 12.0 Å². The Morgan fingerprint density at radius 3 is 2.30 bits per heavy atom. The lowest BCUT2D eigenvalue weighted by atomic mass is 9.74. The van der Waals surface area contributed by atoms with Gasteiger partial charge in [-0.05, 0) is 24.8 Å². The average molecular weight is 294 g/mol. The number of carbonyl (C=O) groups excluding carboxylic acids is 1. The van der Waals surface area contributed by atoms with Gasteiger partial charge in [0.15, 0.2) is 0 Å². The molecule has 0 atom stereocenters. The van der Waals surface area contributed by atoms with Gasteiger partial charge in [-0.15, -0.1) is 0 Å². The molecule has 3 nitrogen and oxygen atoms in total. The maximum absolute atomic E-state index is 12.7. The van der Waals surface area contributed by atoms with E-state index in [0.717, 1.165) is 31.2 Å². The van der Waals surface area contributed by atoms with Crippen LogP contribution in [-0.2, 0) is 20.0 Å². The molecule has 1 saturated carbocycles. The van der Waals surface area contributed by atoms with Crippen molar-refractivity contribution < 1.29 is 13.2 Å². The minimum Gasteiger partial charge on any atom is -0.299 e. The SMILES string of the molecule is CS(=O)(=O)CCCC(=O)C1(c2ccccc2)CCCC1. The number of hydrogen-bond acceptors (Lipinski definition) is 3. The molecule has 1 aromatic rings. The topological polar surface area (TPSA) is 51.2 Å². The smallest absolute Gasteiger partial charge is 0.147 e. The molecule has 0 radical (unpaired) electrons. The van der Waals surface area contributed by atoms with Gasteiger partial charge in [-0.2, -0.15) is 0 Å². The van der Waals surface area contributed by atoms with Gasteiger partial charge < -0.3 is 0 Å². The van der Waals surface area contributed by atoms with Gasteiger partial charge in [0.25, 0.3) is 0 Å². The van der Waals surface area contributed by atoms with E-state index in [-0.39, 0.29) is 17.0 Å². The first-order valence-corrected chi connectivity index (χ1v) is 9.27. The molecule has 2 rings (SSSR count). The zero-order valence-corrected chi connectivity index (χ0v) is 12.8. The van der Waals surface area contributed by atoms with Crippen LogP contribution in [-0.4, -0.2) is 26.2 Å².